The molecule has 1 aliphatic heterocycles. The summed E-state index contributed by atoms with van der Waals surface area (Å²) in [6.45, 7) is 0.836. The normalized spacial score (nSPS) is 17.6. The second-order valence-electron chi connectivity index (χ2n) is 7.30. The molecule has 0 bridgehead atoms. The van der Waals surface area contributed by atoms with Crippen LogP contribution in [-0.2, 0) is 34.2 Å². The molecule has 5 rings (SSSR count). The maximum Gasteiger partial charge on any atom is 0.230 e. The summed E-state index contributed by atoms with van der Waals surface area (Å²) < 4.78 is 26.5. The largest absolute Gasteiger partial charge is 0.361 e. The highest BCUT2D eigenvalue weighted by Gasteiger charge is 2.41. The molecule has 1 fully saturated rings. The molecule has 9 heteroatoms. The SMILES string of the molecule is O=C(Cc1c[nH]c2ccccc12)Nc1nc2c(s1)CN(S(=O)(=O)C1CC1)CC2. The number of carbonyl (C=O) groups is 1. The van der Waals surface area contributed by atoms with Crippen LogP contribution in [0.3, 0.4) is 0 Å². The Bertz CT molecular complexity index is 1160. The third-order valence-electron chi connectivity index (χ3n) is 5.27. The average Bonchev–Trinajstić information content (AvgIpc) is 3.36. The lowest BCUT2D eigenvalue weighted by molar-refractivity contribution is -0.115. The number of carbonyl (C=O) groups excluding carboxylic acids is 1. The second kappa shape index (κ2) is 6.68. The molecule has 2 N–H and O–H groups in total. The fraction of sp³-hybridized carbons (Fsp3) is 0.368. The van der Waals surface area contributed by atoms with Crippen LogP contribution in [0, 0.1) is 0 Å². The maximum absolute atomic E-state index is 12.5. The average molecular weight is 417 g/mol. The summed E-state index contributed by atoms with van der Waals surface area (Å²) in [7, 11) is -3.18. The van der Waals surface area contributed by atoms with Crippen molar-refractivity contribution < 1.29 is 13.2 Å². The Kier molecular flexibility index (Phi) is 4.26. The monoisotopic (exact) mass is 416 g/mol. The molecule has 0 unspecified atom stereocenters. The third-order valence-corrected chi connectivity index (χ3v) is 8.62. The van der Waals surface area contributed by atoms with Gasteiger partial charge in [0.1, 0.15) is 0 Å². The van der Waals surface area contributed by atoms with Gasteiger partial charge in [-0.1, -0.05) is 18.2 Å². The lowest BCUT2D eigenvalue weighted by atomic mass is 10.1. The van der Waals surface area contributed by atoms with Gasteiger partial charge in [-0.15, -0.1) is 11.3 Å². The molecule has 2 aliphatic rings. The Balaban J connectivity index is 1.28. The molecule has 7 nitrogen and oxygen atoms in total. The van der Waals surface area contributed by atoms with Crippen LogP contribution < -0.4 is 5.32 Å². The summed E-state index contributed by atoms with van der Waals surface area (Å²) in [6, 6.07) is 7.88. The van der Waals surface area contributed by atoms with Crippen molar-refractivity contribution in [2.24, 2.45) is 0 Å². The molecule has 3 heterocycles. The zero-order chi connectivity index (χ0) is 19.3. The van der Waals surface area contributed by atoms with Gasteiger partial charge in [-0.25, -0.2) is 13.4 Å². The number of thiazole rings is 1. The molecule has 1 aromatic carbocycles. The van der Waals surface area contributed by atoms with Crippen molar-refractivity contribution in [2.45, 2.75) is 37.5 Å². The summed E-state index contributed by atoms with van der Waals surface area (Å²) in [5.74, 6) is -0.127. The quantitative estimate of drug-likeness (QED) is 0.668. The molecule has 0 spiro atoms. The highest BCUT2D eigenvalue weighted by molar-refractivity contribution is 7.90. The number of amides is 1. The minimum atomic E-state index is -3.18. The van der Waals surface area contributed by atoms with Crippen molar-refractivity contribution >= 4 is 43.3 Å². The van der Waals surface area contributed by atoms with Gasteiger partial charge >= 0.3 is 0 Å². The van der Waals surface area contributed by atoms with Gasteiger partial charge < -0.3 is 10.3 Å². The van der Waals surface area contributed by atoms with E-state index < -0.39 is 10.0 Å². The highest BCUT2D eigenvalue weighted by Crippen LogP contribution is 2.35. The van der Waals surface area contributed by atoms with Crippen LogP contribution >= 0.6 is 11.3 Å². The Morgan fingerprint density at radius 3 is 2.96 bits per heavy atom. The molecule has 1 saturated carbocycles. The molecule has 3 aromatic rings. The number of sulfonamides is 1. The van der Waals surface area contributed by atoms with E-state index in [1.807, 2.05) is 30.5 Å². The summed E-state index contributed by atoms with van der Waals surface area (Å²) in [5.41, 5.74) is 2.85. The predicted octanol–water partition coefficient (Wildman–Crippen LogP) is 2.66. The highest BCUT2D eigenvalue weighted by atomic mass is 32.2. The Morgan fingerprint density at radius 2 is 2.14 bits per heavy atom. The molecule has 2 aromatic heterocycles. The van der Waals surface area contributed by atoms with Crippen LogP contribution in [0.1, 0.15) is 29.0 Å². The molecule has 1 amide bonds. The van der Waals surface area contributed by atoms with E-state index in [1.54, 1.807) is 4.31 Å². The van der Waals surface area contributed by atoms with E-state index in [1.165, 1.54) is 11.3 Å². The molecule has 0 atom stereocenters. The Hall–Kier alpha value is -2.23. The number of benzene rings is 1. The molecule has 0 saturated heterocycles. The molecule has 1 aliphatic carbocycles. The Labute approximate surface area is 166 Å². The number of aromatic nitrogens is 2. The van der Waals surface area contributed by atoms with Crippen molar-refractivity contribution in [3.8, 4) is 0 Å². The predicted molar refractivity (Wildman–Crippen MR) is 109 cm³/mol. The second-order valence-corrected chi connectivity index (χ2v) is 10.6. The molecular formula is C19H20N4O3S2. The summed E-state index contributed by atoms with van der Waals surface area (Å²) in [5, 5.41) is 4.26. The van der Waals surface area contributed by atoms with E-state index in [4.69, 9.17) is 0 Å². The zero-order valence-electron chi connectivity index (χ0n) is 15.1. The van der Waals surface area contributed by atoms with Crippen molar-refractivity contribution in [1.29, 1.82) is 0 Å². The number of aromatic amines is 1. The van der Waals surface area contributed by atoms with E-state index in [0.29, 0.717) is 24.6 Å². The van der Waals surface area contributed by atoms with Gasteiger partial charge in [0.15, 0.2) is 5.13 Å². The van der Waals surface area contributed by atoms with Crippen LogP contribution in [0.2, 0.25) is 0 Å². The van der Waals surface area contributed by atoms with Crippen molar-refractivity contribution in [1.82, 2.24) is 14.3 Å². The van der Waals surface area contributed by atoms with E-state index in [0.717, 1.165) is 39.9 Å². The first kappa shape index (κ1) is 17.8. The Morgan fingerprint density at radius 1 is 1.32 bits per heavy atom. The van der Waals surface area contributed by atoms with Crippen LogP contribution in [0.5, 0.6) is 0 Å². The minimum absolute atomic E-state index is 0.127. The van der Waals surface area contributed by atoms with Crippen LogP contribution in [-0.4, -0.2) is 40.4 Å². The number of hydrogen-bond donors (Lipinski definition) is 2. The van der Waals surface area contributed by atoms with E-state index in [9.17, 15) is 13.2 Å². The smallest absolute Gasteiger partial charge is 0.230 e. The number of nitrogens with zero attached hydrogens (tertiary/aromatic N) is 2. The van der Waals surface area contributed by atoms with E-state index in [2.05, 4.69) is 15.3 Å². The van der Waals surface area contributed by atoms with Gasteiger partial charge in [-0.2, -0.15) is 4.31 Å². The molecule has 0 radical (unpaired) electrons. The number of para-hydroxylation sites is 1. The van der Waals surface area contributed by atoms with Gasteiger partial charge in [-0.05, 0) is 24.5 Å². The number of rotatable bonds is 5. The van der Waals surface area contributed by atoms with E-state index >= 15 is 0 Å². The van der Waals surface area contributed by atoms with Crippen LogP contribution in [0.15, 0.2) is 30.5 Å². The first-order valence-electron chi connectivity index (χ1n) is 9.33. The summed E-state index contributed by atoms with van der Waals surface area (Å²) in [6.07, 6.45) is 4.25. The first-order valence-corrected chi connectivity index (χ1v) is 11.6. The fourth-order valence-electron chi connectivity index (χ4n) is 3.63. The lowest BCUT2D eigenvalue weighted by Gasteiger charge is -2.25. The van der Waals surface area contributed by atoms with Crippen molar-refractivity contribution in [3.05, 3.63) is 46.6 Å². The van der Waals surface area contributed by atoms with Gasteiger partial charge in [0.25, 0.3) is 0 Å². The van der Waals surface area contributed by atoms with Crippen molar-refractivity contribution in [3.63, 3.8) is 0 Å². The molecular weight excluding hydrogens is 396 g/mol. The minimum Gasteiger partial charge on any atom is -0.361 e. The summed E-state index contributed by atoms with van der Waals surface area (Å²) >= 11 is 1.37. The maximum atomic E-state index is 12.5. The number of anilines is 1. The standard InChI is InChI=1S/C19H20N4O3S2/c24-18(9-12-10-20-15-4-2-1-3-14(12)15)22-19-21-16-7-8-23(11-17(16)27-19)28(25,26)13-5-6-13/h1-4,10,13,20H,5-9,11H2,(H,21,22,24). The van der Waals surface area contributed by atoms with E-state index in [-0.39, 0.29) is 17.6 Å². The molecule has 28 heavy (non-hydrogen) atoms. The molecule has 146 valence electrons. The number of fused-ring (bicyclic) bond motifs is 2. The van der Waals surface area contributed by atoms with Gasteiger partial charge in [0, 0.05) is 41.5 Å². The third kappa shape index (κ3) is 3.23. The van der Waals surface area contributed by atoms with Crippen LogP contribution in [0.25, 0.3) is 10.9 Å². The van der Waals surface area contributed by atoms with Gasteiger partial charge in [0.2, 0.25) is 15.9 Å². The van der Waals surface area contributed by atoms with Crippen LogP contribution in [0.4, 0.5) is 5.13 Å². The first-order chi connectivity index (χ1) is 13.5. The number of nitrogens with one attached hydrogen (secondary N) is 2. The summed E-state index contributed by atoms with van der Waals surface area (Å²) in [4.78, 5) is 21.1. The topological polar surface area (TPSA) is 95.2 Å². The number of H-pyrrole nitrogens is 1. The zero-order valence-corrected chi connectivity index (χ0v) is 16.8. The van der Waals surface area contributed by atoms with Crippen molar-refractivity contribution in [2.75, 3.05) is 11.9 Å². The van der Waals surface area contributed by atoms with Gasteiger partial charge in [-0.3, -0.25) is 4.79 Å². The fourth-order valence-corrected chi connectivity index (χ4v) is 6.56. The lowest BCUT2D eigenvalue weighted by Crippen LogP contribution is -2.37. The van der Waals surface area contributed by atoms with Gasteiger partial charge in [0.05, 0.1) is 17.4 Å². The number of hydrogen-bond acceptors (Lipinski definition) is 5.